The second kappa shape index (κ2) is 7.53. The smallest absolute Gasteiger partial charge is 0.293 e. The summed E-state index contributed by atoms with van der Waals surface area (Å²) < 4.78 is 1.59. The highest BCUT2D eigenvalue weighted by Crippen LogP contribution is 2.37. The number of hydrogen-bond donors (Lipinski definition) is 1. The summed E-state index contributed by atoms with van der Waals surface area (Å²) in [7, 11) is 0. The first-order valence-electron chi connectivity index (χ1n) is 7.03. The van der Waals surface area contributed by atoms with E-state index in [0.29, 0.717) is 10.0 Å². The van der Waals surface area contributed by atoms with Crippen LogP contribution >= 0.6 is 55.2 Å². The van der Waals surface area contributed by atoms with Crippen LogP contribution in [-0.4, -0.2) is 21.2 Å². The van der Waals surface area contributed by atoms with Crippen molar-refractivity contribution >= 4 is 72.4 Å². The molecule has 0 atom stereocenters. The van der Waals surface area contributed by atoms with Crippen LogP contribution in [-0.2, 0) is 11.3 Å². The lowest BCUT2D eigenvalue weighted by Gasteiger charge is -2.12. The Morgan fingerprint density at radius 1 is 1.12 bits per heavy atom. The van der Waals surface area contributed by atoms with Crippen molar-refractivity contribution in [2.45, 2.75) is 6.54 Å². The summed E-state index contributed by atoms with van der Waals surface area (Å²) in [5.41, 5.74) is 1.22. The molecule has 1 fully saturated rings. The van der Waals surface area contributed by atoms with Gasteiger partial charge in [0.2, 0.25) is 0 Å². The molecule has 0 saturated carbocycles. The van der Waals surface area contributed by atoms with Gasteiger partial charge in [0, 0.05) is 14.5 Å². The van der Waals surface area contributed by atoms with Gasteiger partial charge in [0.25, 0.3) is 11.1 Å². The summed E-state index contributed by atoms with van der Waals surface area (Å²) in [6.07, 6.45) is 1.47. The van der Waals surface area contributed by atoms with Gasteiger partial charge in [0.1, 0.15) is 5.75 Å². The largest absolute Gasteiger partial charge is 0.506 e. The molecule has 8 heteroatoms. The van der Waals surface area contributed by atoms with E-state index >= 15 is 0 Å². The van der Waals surface area contributed by atoms with E-state index in [9.17, 15) is 14.7 Å². The molecular formula is C17H10Br2ClNO3S. The molecule has 25 heavy (non-hydrogen) atoms. The maximum Gasteiger partial charge on any atom is 0.293 e. The first-order valence-corrected chi connectivity index (χ1v) is 9.81. The Morgan fingerprint density at radius 3 is 2.48 bits per heavy atom. The minimum absolute atomic E-state index is 0.135. The molecule has 1 aliphatic rings. The standard InChI is InChI=1S/C17H10Br2ClNO3S/c18-11-3-1-9(2-4-11)8-21-16(23)14(25-17(21)24)6-10-5-12(19)7-13(20)15(10)22/h1-7,22H,8H2/b14-6-. The predicted octanol–water partition coefficient (Wildman–Crippen LogP) is 5.81. The average molecular weight is 504 g/mol. The first kappa shape index (κ1) is 18.5. The number of hydrogen-bond acceptors (Lipinski definition) is 4. The van der Waals surface area contributed by atoms with Crippen LogP contribution in [0, 0.1) is 0 Å². The third-order valence-electron chi connectivity index (χ3n) is 3.47. The van der Waals surface area contributed by atoms with Crippen LogP contribution < -0.4 is 0 Å². The number of benzene rings is 2. The highest BCUT2D eigenvalue weighted by molar-refractivity contribution is 9.10. The van der Waals surface area contributed by atoms with Gasteiger partial charge in [-0.1, -0.05) is 55.6 Å². The van der Waals surface area contributed by atoms with Gasteiger partial charge in [-0.25, -0.2) is 0 Å². The van der Waals surface area contributed by atoms with Crippen molar-refractivity contribution in [3.63, 3.8) is 0 Å². The van der Waals surface area contributed by atoms with Crippen molar-refractivity contribution < 1.29 is 14.7 Å². The fourth-order valence-electron chi connectivity index (χ4n) is 2.25. The zero-order chi connectivity index (χ0) is 18.1. The number of phenolic OH excluding ortho intramolecular Hbond substituents is 1. The Balaban J connectivity index is 1.87. The number of thioether (sulfide) groups is 1. The lowest BCUT2D eigenvalue weighted by Crippen LogP contribution is -2.27. The van der Waals surface area contributed by atoms with Crippen LogP contribution in [0.25, 0.3) is 6.08 Å². The molecule has 1 aliphatic heterocycles. The molecule has 0 spiro atoms. The number of aromatic hydroxyl groups is 1. The van der Waals surface area contributed by atoms with E-state index in [1.165, 1.54) is 11.0 Å². The SMILES string of the molecule is O=C1S/C(=C\c2cc(Br)cc(Cl)c2O)C(=O)N1Cc1ccc(Br)cc1. The number of phenols is 1. The van der Waals surface area contributed by atoms with Crippen molar-refractivity contribution in [1.29, 1.82) is 0 Å². The Labute approximate surface area is 170 Å². The molecule has 1 N–H and O–H groups in total. The van der Waals surface area contributed by atoms with E-state index in [1.807, 2.05) is 24.3 Å². The van der Waals surface area contributed by atoms with Gasteiger partial charge in [-0.3, -0.25) is 14.5 Å². The van der Waals surface area contributed by atoms with Gasteiger partial charge < -0.3 is 5.11 Å². The molecule has 2 aromatic rings. The minimum atomic E-state index is -0.395. The average Bonchev–Trinajstić information content (AvgIpc) is 2.81. The van der Waals surface area contributed by atoms with E-state index < -0.39 is 5.91 Å². The Bertz CT molecular complexity index is 900. The monoisotopic (exact) mass is 501 g/mol. The van der Waals surface area contributed by atoms with E-state index in [1.54, 1.807) is 12.1 Å². The second-order valence-electron chi connectivity index (χ2n) is 5.22. The van der Waals surface area contributed by atoms with E-state index in [4.69, 9.17) is 11.6 Å². The molecule has 0 aliphatic carbocycles. The lowest BCUT2D eigenvalue weighted by molar-refractivity contribution is -0.123. The predicted molar refractivity (Wildman–Crippen MR) is 106 cm³/mol. The highest BCUT2D eigenvalue weighted by atomic mass is 79.9. The van der Waals surface area contributed by atoms with Crippen molar-refractivity contribution in [3.05, 3.63) is 66.4 Å². The number of amides is 2. The second-order valence-corrected chi connectivity index (χ2v) is 8.45. The van der Waals surface area contributed by atoms with Gasteiger partial charge in [0.05, 0.1) is 16.5 Å². The highest BCUT2D eigenvalue weighted by Gasteiger charge is 2.35. The molecule has 1 heterocycles. The number of rotatable bonds is 3. The number of nitrogens with zero attached hydrogens (tertiary/aromatic N) is 1. The number of imide groups is 1. The van der Waals surface area contributed by atoms with Crippen molar-refractivity contribution in [3.8, 4) is 5.75 Å². The first-order chi connectivity index (χ1) is 11.8. The maximum atomic E-state index is 12.6. The third-order valence-corrected chi connectivity index (χ3v) is 5.65. The van der Waals surface area contributed by atoms with E-state index in [2.05, 4.69) is 31.9 Å². The molecule has 0 unspecified atom stereocenters. The third kappa shape index (κ3) is 4.11. The fourth-order valence-corrected chi connectivity index (χ4v) is 4.17. The molecule has 1 saturated heterocycles. The van der Waals surface area contributed by atoms with Crippen molar-refractivity contribution in [2.24, 2.45) is 0 Å². The molecule has 3 rings (SSSR count). The Hall–Kier alpha value is -1.28. The number of halogens is 3. The molecule has 0 radical (unpaired) electrons. The topological polar surface area (TPSA) is 57.6 Å². The maximum absolute atomic E-state index is 12.6. The van der Waals surface area contributed by atoms with Crippen LogP contribution in [0.15, 0.2) is 50.2 Å². The quantitative estimate of drug-likeness (QED) is 0.538. The van der Waals surface area contributed by atoms with Crippen LogP contribution in [0.3, 0.4) is 0 Å². The summed E-state index contributed by atoms with van der Waals surface area (Å²) in [4.78, 5) is 26.2. The summed E-state index contributed by atoms with van der Waals surface area (Å²) in [6.45, 7) is 0.195. The lowest BCUT2D eigenvalue weighted by atomic mass is 10.1. The summed E-state index contributed by atoms with van der Waals surface area (Å²) >= 11 is 13.4. The normalized spacial score (nSPS) is 16.1. The number of carbonyl (C=O) groups is 2. The van der Waals surface area contributed by atoms with Crippen LogP contribution in [0.4, 0.5) is 4.79 Å². The van der Waals surface area contributed by atoms with Gasteiger partial charge in [-0.15, -0.1) is 0 Å². The molecule has 0 bridgehead atoms. The molecule has 4 nitrogen and oxygen atoms in total. The fraction of sp³-hybridized carbons (Fsp3) is 0.0588. The zero-order valence-corrected chi connectivity index (χ0v) is 17.2. The summed E-state index contributed by atoms with van der Waals surface area (Å²) in [5, 5.41) is 9.86. The molecule has 0 aromatic heterocycles. The van der Waals surface area contributed by atoms with E-state index in [-0.39, 0.29) is 27.5 Å². The number of carbonyl (C=O) groups excluding carboxylic acids is 2. The Kier molecular flexibility index (Phi) is 5.58. The van der Waals surface area contributed by atoms with Gasteiger partial charge in [0.15, 0.2) is 0 Å². The molecule has 2 aromatic carbocycles. The van der Waals surface area contributed by atoms with E-state index in [0.717, 1.165) is 21.8 Å². The molecular weight excluding hydrogens is 494 g/mol. The van der Waals surface area contributed by atoms with Crippen LogP contribution in [0.2, 0.25) is 5.02 Å². The van der Waals surface area contributed by atoms with Gasteiger partial charge in [-0.05, 0) is 47.7 Å². The van der Waals surface area contributed by atoms with Crippen molar-refractivity contribution in [2.75, 3.05) is 0 Å². The molecule has 128 valence electrons. The Morgan fingerprint density at radius 2 is 1.80 bits per heavy atom. The molecule has 2 amide bonds. The van der Waals surface area contributed by atoms with Crippen molar-refractivity contribution in [1.82, 2.24) is 4.90 Å². The van der Waals surface area contributed by atoms with Gasteiger partial charge >= 0.3 is 0 Å². The zero-order valence-electron chi connectivity index (χ0n) is 12.5. The van der Waals surface area contributed by atoms with Crippen LogP contribution in [0.1, 0.15) is 11.1 Å². The summed E-state index contributed by atoms with van der Waals surface area (Å²) in [6, 6.07) is 10.6. The minimum Gasteiger partial charge on any atom is -0.506 e. The summed E-state index contributed by atoms with van der Waals surface area (Å²) in [5.74, 6) is -0.530. The van der Waals surface area contributed by atoms with Crippen LogP contribution in [0.5, 0.6) is 5.75 Å². The van der Waals surface area contributed by atoms with Gasteiger partial charge in [-0.2, -0.15) is 0 Å².